The lowest BCUT2D eigenvalue weighted by Gasteiger charge is -2.05. The molecule has 0 fully saturated rings. The summed E-state index contributed by atoms with van der Waals surface area (Å²) in [5.74, 6) is 1.22. The molecule has 0 atom stereocenters. The number of amides is 2. The van der Waals surface area contributed by atoms with Crippen LogP contribution in [0, 0.1) is 0 Å². The van der Waals surface area contributed by atoms with Crippen molar-refractivity contribution in [3.63, 3.8) is 0 Å². The van der Waals surface area contributed by atoms with Gasteiger partial charge in [0.2, 0.25) is 12.7 Å². The van der Waals surface area contributed by atoms with E-state index in [1.54, 1.807) is 5.38 Å². The van der Waals surface area contributed by atoms with Crippen molar-refractivity contribution in [2.45, 2.75) is 13.0 Å². The Morgan fingerprint density at radius 3 is 3.00 bits per heavy atom. The number of methoxy groups -OCH3 is 1. The first kappa shape index (κ1) is 16.1. The molecule has 8 nitrogen and oxygen atoms in total. The van der Waals surface area contributed by atoms with Gasteiger partial charge in [0, 0.05) is 11.9 Å². The molecule has 2 heterocycles. The van der Waals surface area contributed by atoms with Gasteiger partial charge in [-0.25, -0.2) is 9.78 Å². The van der Waals surface area contributed by atoms with Crippen molar-refractivity contribution in [3.8, 4) is 11.5 Å². The molecule has 0 saturated carbocycles. The van der Waals surface area contributed by atoms with Gasteiger partial charge in [-0.2, -0.15) is 0 Å². The van der Waals surface area contributed by atoms with Gasteiger partial charge in [-0.3, -0.25) is 10.1 Å². The van der Waals surface area contributed by atoms with Gasteiger partial charge in [0.15, 0.2) is 16.6 Å². The normalized spacial score (nSPS) is 11.9. The second-order valence-electron chi connectivity index (χ2n) is 4.90. The molecule has 2 amide bonds. The van der Waals surface area contributed by atoms with Crippen LogP contribution in [0.5, 0.6) is 11.5 Å². The van der Waals surface area contributed by atoms with Gasteiger partial charge in [0.25, 0.3) is 0 Å². The number of hydrogen-bond donors (Lipinski definition) is 2. The summed E-state index contributed by atoms with van der Waals surface area (Å²) in [6.07, 6.45) is -0.465. The van der Waals surface area contributed by atoms with Crippen LogP contribution in [-0.4, -0.2) is 30.9 Å². The number of aromatic nitrogens is 1. The molecule has 24 heavy (non-hydrogen) atoms. The molecule has 0 unspecified atom stereocenters. The Balaban J connectivity index is 1.50. The maximum absolute atomic E-state index is 12.0. The minimum atomic E-state index is -0.594. The number of thiazole rings is 1. The monoisotopic (exact) mass is 349 g/mol. The number of carbonyl (C=O) groups excluding carboxylic acids is 2. The number of hydrogen-bond acceptors (Lipinski definition) is 7. The van der Waals surface area contributed by atoms with Crippen molar-refractivity contribution in [1.29, 1.82) is 0 Å². The van der Waals surface area contributed by atoms with Crippen LogP contribution in [0.4, 0.5) is 9.93 Å². The van der Waals surface area contributed by atoms with Gasteiger partial charge in [0.1, 0.15) is 0 Å². The highest BCUT2D eigenvalue weighted by Gasteiger charge is 2.14. The predicted octanol–water partition coefficient (Wildman–Crippen LogP) is 1.91. The van der Waals surface area contributed by atoms with Gasteiger partial charge < -0.3 is 19.5 Å². The molecule has 1 aliphatic rings. The quantitative estimate of drug-likeness (QED) is 0.855. The van der Waals surface area contributed by atoms with Crippen LogP contribution in [0.3, 0.4) is 0 Å². The Hall–Kier alpha value is -2.81. The minimum absolute atomic E-state index is 0.129. The van der Waals surface area contributed by atoms with E-state index in [4.69, 9.17) is 9.47 Å². The van der Waals surface area contributed by atoms with Gasteiger partial charge in [0.05, 0.1) is 19.2 Å². The number of ether oxygens (including phenoxy) is 3. The van der Waals surface area contributed by atoms with E-state index in [1.165, 1.54) is 18.4 Å². The maximum Gasteiger partial charge on any atom is 0.413 e. The third kappa shape index (κ3) is 3.93. The smallest absolute Gasteiger partial charge is 0.413 e. The second-order valence-corrected chi connectivity index (χ2v) is 5.76. The van der Waals surface area contributed by atoms with Crippen molar-refractivity contribution in [2.24, 2.45) is 0 Å². The summed E-state index contributed by atoms with van der Waals surface area (Å²) < 4.78 is 15.0. The van der Waals surface area contributed by atoms with E-state index in [1.807, 2.05) is 18.2 Å². The van der Waals surface area contributed by atoms with Gasteiger partial charge in [-0.1, -0.05) is 6.07 Å². The maximum atomic E-state index is 12.0. The minimum Gasteiger partial charge on any atom is -0.454 e. The van der Waals surface area contributed by atoms with E-state index in [0.717, 1.165) is 5.56 Å². The SMILES string of the molecule is COC(=O)Nc1nc(CC(=O)NCc2ccc3c(c2)OCO3)cs1. The van der Waals surface area contributed by atoms with E-state index in [2.05, 4.69) is 20.4 Å². The van der Waals surface area contributed by atoms with Crippen LogP contribution in [-0.2, 0) is 22.5 Å². The Morgan fingerprint density at radius 2 is 2.17 bits per heavy atom. The number of carbonyl (C=O) groups is 2. The fourth-order valence-corrected chi connectivity index (χ4v) is 2.76. The lowest BCUT2D eigenvalue weighted by atomic mass is 10.2. The van der Waals surface area contributed by atoms with Gasteiger partial charge in [-0.05, 0) is 17.7 Å². The summed E-state index contributed by atoms with van der Waals surface area (Å²) in [5, 5.41) is 7.38. The molecule has 126 valence electrons. The van der Waals surface area contributed by atoms with Crippen molar-refractivity contribution in [2.75, 3.05) is 19.2 Å². The van der Waals surface area contributed by atoms with Gasteiger partial charge in [-0.15, -0.1) is 11.3 Å². The van der Waals surface area contributed by atoms with Crippen LogP contribution >= 0.6 is 11.3 Å². The highest BCUT2D eigenvalue weighted by atomic mass is 32.1. The van der Waals surface area contributed by atoms with Crippen LogP contribution < -0.4 is 20.1 Å². The first-order chi connectivity index (χ1) is 11.6. The summed E-state index contributed by atoms with van der Waals surface area (Å²) in [5.41, 5.74) is 1.49. The zero-order valence-electron chi connectivity index (χ0n) is 12.8. The molecule has 1 aromatic carbocycles. The molecular weight excluding hydrogens is 334 g/mol. The zero-order valence-corrected chi connectivity index (χ0v) is 13.6. The molecule has 1 aliphatic heterocycles. The van der Waals surface area contributed by atoms with Crippen molar-refractivity contribution in [1.82, 2.24) is 10.3 Å². The number of benzene rings is 1. The molecular formula is C15H15N3O5S. The van der Waals surface area contributed by atoms with Gasteiger partial charge >= 0.3 is 6.09 Å². The predicted molar refractivity (Wildman–Crippen MR) is 86.3 cm³/mol. The number of anilines is 1. The van der Waals surface area contributed by atoms with E-state index < -0.39 is 6.09 Å². The molecule has 1 aromatic heterocycles. The van der Waals surface area contributed by atoms with Crippen LogP contribution in [0.25, 0.3) is 0 Å². The third-order valence-corrected chi connectivity index (χ3v) is 4.02. The summed E-state index contributed by atoms with van der Waals surface area (Å²) in [6, 6.07) is 5.52. The van der Waals surface area contributed by atoms with Crippen LogP contribution in [0.2, 0.25) is 0 Å². The number of nitrogens with one attached hydrogen (secondary N) is 2. The highest BCUT2D eigenvalue weighted by Crippen LogP contribution is 2.32. The van der Waals surface area contributed by atoms with E-state index >= 15 is 0 Å². The zero-order chi connectivity index (χ0) is 16.9. The lowest BCUT2D eigenvalue weighted by molar-refractivity contribution is -0.120. The van der Waals surface area contributed by atoms with E-state index in [-0.39, 0.29) is 19.1 Å². The Kier molecular flexibility index (Phi) is 4.80. The highest BCUT2D eigenvalue weighted by molar-refractivity contribution is 7.13. The number of fused-ring (bicyclic) bond motifs is 1. The second kappa shape index (κ2) is 7.18. The van der Waals surface area contributed by atoms with E-state index in [0.29, 0.717) is 28.9 Å². The summed E-state index contributed by atoms with van der Waals surface area (Å²) >= 11 is 1.23. The first-order valence-electron chi connectivity index (χ1n) is 7.08. The molecule has 0 spiro atoms. The summed E-state index contributed by atoms with van der Waals surface area (Å²) in [6.45, 7) is 0.601. The molecule has 3 rings (SSSR count). The average Bonchev–Trinajstić information content (AvgIpc) is 3.21. The largest absolute Gasteiger partial charge is 0.454 e. The van der Waals surface area contributed by atoms with E-state index in [9.17, 15) is 9.59 Å². The molecule has 0 aliphatic carbocycles. The molecule has 0 saturated heterocycles. The molecule has 2 aromatic rings. The molecule has 9 heteroatoms. The van der Waals surface area contributed by atoms with Crippen LogP contribution in [0.15, 0.2) is 23.6 Å². The summed E-state index contributed by atoms with van der Waals surface area (Å²) in [7, 11) is 1.27. The van der Waals surface area contributed by atoms with Crippen molar-refractivity contribution in [3.05, 3.63) is 34.8 Å². The Bertz CT molecular complexity index is 761. The Labute approximate surface area is 141 Å². The molecule has 2 N–H and O–H groups in total. The average molecular weight is 349 g/mol. The number of nitrogens with zero attached hydrogens (tertiary/aromatic N) is 1. The van der Waals surface area contributed by atoms with Crippen molar-refractivity contribution >= 4 is 28.5 Å². The fraction of sp³-hybridized carbons (Fsp3) is 0.267. The third-order valence-electron chi connectivity index (χ3n) is 3.21. The molecule has 0 bridgehead atoms. The fourth-order valence-electron chi connectivity index (χ4n) is 2.06. The standard InChI is InChI=1S/C15H15N3O5S/c1-21-15(20)18-14-17-10(7-24-14)5-13(19)16-6-9-2-3-11-12(4-9)23-8-22-11/h2-4,7H,5-6,8H2,1H3,(H,16,19)(H,17,18,20). The molecule has 0 radical (unpaired) electrons. The topological polar surface area (TPSA) is 98.8 Å². The van der Waals surface area contributed by atoms with Crippen LogP contribution in [0.1, 0.15) is 11.3 Å². The first-order valence-corrected chi connectivity index (χ1v) is 7.96. The lowest BCUT2D eigenvalue weighted by Crippen LogP contribution is -2.24. The van der Waals surface area contributed by atoms with Crippen molar-refractivity contribution < 1.29 is 23.8 Å². The Morgan fingerprint density at radius 1 is 1.33 bits per heavy atom. The number of rotatable bonds is 5. The summed E-state index contributed by atoms with van der Waals surface area (Å²) in [4.78, 5) is 27.2.